The molecule has 0 amide bonds. The van der Waals surface area contributed by atoms with Gasteiger partial charge in [0.2, 0.25) is 0 Å². The molecule has 0 aliphatic rings. The summed E-state index contributed by atoms with van der Waals surface area (Å²) in [4.78, 5) is 0. The molecule has 0 spiro atoms. The average molecular weight is 226 g/mol. The Morgan fingerprint density at radius 3 is 2.67 bits per heavy atom. The van der Waals surface area contributed by atoms with Crippen molar-refractivity contribution in [3.63, 3.8) is 0 Å². The minimum absolute atomic E-state index is 0.601. The van der Waals surface area contributed by atoms with Gasteiger partial charge in [0.25, 0.3) is 0 Å². The van der Waals surface area contributed by atoms with E-state index in [2.05, 4.69) is 42.2 Å². The first-order valence-corrected chi connectivity index (χ1v) is 6.60. The van der Waals surface area contributed by atoms with Crippen molar-refractivity contribution >= 4 is 11.3 Å². The largest absolute Gasteiger partial charge is 0.314 e. The van der Waals surface area contributed by atoms with Crippen molar-refractivity contribution in [3.8, 4) is 0 Å². The molecule has 0 bridgehead atoms. The molecule has 1 aromatic heterocycles. The zero-order valence-electron chi connectivity index (χ0n) is 9.97. The third-order valence-electron chi connectivity index (χ3n) is 2.36. The van der Waals surface area contributed by atoms with Crippen molar-refractivity contribution in [1.82, 2.24) is 10.6 Å². The van der Waals surface area contributed by atoms with Gasteiger partial charge in [-0.3, -0.25) is 0 Å². The maximum absolute atomic E-state index is 3.47. The van der Waals surface area contributed by atoms with E-state index in [9.17, 15) is 0 Å². The van der Waals surface area contributed by atoms with E-state index in [-0.39, 0.29) is 0 Å². The fraction of sp³-hybridized carbons (Fsp3) is 0.667. The fourth-order valence-electron chi connectivity index (χ4n) is 1.40. The molecule has 2 nitrogen and oxygen atoms in total. The topological polar surface area (TPSA) is 24.1 Å². The number of hydrogen-bond acceptors (Lipinski definition) is 3. The molecule has 3 heteroatoms. The monoisotopic (exact) mass is 226 g/mol. The Balaban J connectivity index is 2.00. The molecule has 0 radical (unpaired) electrons. The lowest BCUT2D eigenvalue weighted by molar-refractivity contribution is 0.547. The van der Waals surface area contributed by atoms with E-state index in [1.165, 1.54) is 17.5 Å². The molecule has 0 fully saturated rings. The Labute approximate surface area is 97.1 Å². The van der Waals surface area contributed by atoms with Gasteiger partial charge >= 0.3 is 0 Å². The highest BCUT2D eigenvalue weighted by Gasteiger charge is 1.97. The van der Waals surface area contributed by atoms with Gasteiger partial charge in [0, 0.05) is 12.6 Å². The van der Waals surface area contributed by atoms with Crippen molar-refractivity contribution in [1.29, 1.82) is 0 Å². The summed E-state index contributed by atoms with van der Waals surface area (Å²) in [6.07, 6.45) is 1.20. The van der Waals surface area contributed by atoms with Crippen molar-refractivity contribution in [2.75, 3.05) is 13.1 Å². The lowest BCUT2D eigenvalue weighted by atomic mass is 10.2. The van der Waals surface area contributed by atoms with Gasteiger partial charge in [-0.1, -0.05) is 13.8 Å². The molecule has 1 rings (SSSR count). The summed E-state index contributed by atoms with van der Waals surface area (Å²) in [6.45, 7) is 9.75. The molecule has 2 N–H and O–H groups in total. The van der Waals surface area contributed by atoms with Gasteiger partial charge in [-0.15, -0.1) is 0 Å². The lowest BCUT2D eigenvalue weighted by Crippen LogP contribution is -2.26. The SMILES string of the molecule is Cc1cscc1CNCCCNC(C)C. The summed E-state index contributed by atoms with van der Waals surface area (Å²) in [7, 11) is 0. The first kappa shape index (κ1) is 12.7. The van der Waals surface area contributed by atoms with Crippen molar-refractivity contribution in [3.05, 3.63) is 21.9 Å². The van der Waals surface area contributed by atoms with Gasteiger partial charge in [-0.25, -0.2) is 0 Å². The zero-order valence-corrected chi connectivity index (χ0v) is 10.8. The van der Waals surface area contributed by atoms with Crippen LogP contribution in [0.15, 0.2) is 10.8 Å². The molecule has 15 heavy (non-hydrogen) atoms. The minimum atomic E-state index is 0.601. The number of nitrogens with one attached hydrogen (secondary N) is 2. The highest BCUT2D eigenvalue weighted by Crippen LogP contribution is 2.12. The Bertz CT molecular complexity index is 268. The van der Waals surface area contributed by atoms with Crippen LogP contribution < -0.4 is 10.6 Å². The van der Waals surface area contributed by atoms with Crippen LogP contribution in [0.2, 0.25) is 0 Å². The Kier molecular flexibility index (Phi) is 5.91. The van der Waals surface area contributed by atoms with Crippen LogP contribution >= 0.6 is 11.3 Å². The lowest BCUT2D eigenvalue weighted by Gasteiger charge is -2.08. The summed E-state index contributed by atoms with van der Waals surface area (Å²) in [5, 5.41) is 11.3. The van der Waals surface area contributed by atoms with E-state index in [0.717, 1.165) is 19.6 Å². The minimum Gasteiger partial charge on any atom is -0.314 e. The van der Waals surface area contributed by atoms with Gasteiger partial charge < -0.3 is 10.6 Å². The highest BCUT2D eigenvalue weighted by atomic mass is 32.1. The number of thiophene rings is 1. The van der Waals surface area contributed by atoms with Crippen LogP contribution in [0.4, 0.5) is 0 Å². The van der Waals surface area contributed by atoms with Gasteiger partial charge in [-0.05, 0) is 48.3 Å². The molecular weight excluding hydrogens is 204 g/mol. The summed E-state index contributed by atoms with van der Waals surface area (Å²) >= 11 is 1.79. The molecule has 1 aromatic rings. The number of hydrogen-bond donors (Lipinski definition) is 2. The first-order chi connectivity index (χ1) is 7.20. The van der Waals surface area contributed by atoms with E-state index in [1.807, 2.05) is 0 Å². The normalized spacial score (nSPS) is 11.2. The maximum Gasteiger partial charge on any atom is 0.0216 e. The van der Waals surface area contributed by atoms with Crippen molar-refractivity contribution < 1.29 is 0 Å². The molecule has 0 aromatic carbocycles. The van der Waals surface area contributed by atoms with Gasteiger partial charge in [0.15, 0.2) is 0 Å². The smallest absolute Gasteiger partial charge is 0.0216 e. The predicted molar refractivity (Wildman–Crippen MR) is 68.5 cm³/mol. The molecule has 0 saturated carbocycles. The van der Waals surface area contributed by atoms with E-state index >= 15 is 0 Å². The summed E-state index contributed by atoms with van der Waals surface area (Å²) in [5.41, 5.74) is 2.85. The summed E-state index contributed by atoms with van der Waals surface area (Å²) in [6, 6.07) is 0.601. The van der Waals surface area contributed by atoms with Crippen LogP contribution in [-0.2, 0) is 6.54 Å². The Morgan fingerprint density at radius 2 is 2.07 bits per heavy atom. The Hall–Kier alpha value is -0.380. The van der Waals surface area contributed by atoms with E-state index < -0.39 is 0 Å². The third-order valence-corrected chi connectivity index (χ3v) is 3.27. The second kappa shape index (κ2) is 6.99. The van der Waals surface area contributed by atoms with Crippen LogP contribution in [0.25, 0.3) is 0 Å². The van der Waals surface area contributed by atoms with E-state index in [0.29, 0.717) is 6.04 Å². The molecule has 0 aliphatic carbocycles. The van der Waals surface area contributed by atoms with Gasteiger partial charge in [0.1, 0.15) is 0 Å². The molecule has 86 valence electrons. The van der Waals surface area contributed by atoms with Crippen LogP contribution in [0, 0.1) is 6.92 Å². The van der Waals surface area contributed by atoms with E-state index in [4.69, 9.17) is 0 Å². The van der Waals surface area contributed by atoms with E-state index in [1.54, 1.807) is 11.3 Å². The second-order valence-electron chi connectivity index (χ2n) is 4.22. The fourth-order valence-corrected chi connectivity index (χ4v) is 2.25. The molecule has 0 aliphatic heterocycles. The molecule has 1 heterocycles. The van der Waals surface area contributed by atoms with Crippen molar-refractivity contribution in [2.45, 2.75) is 39.8 Å². The van der Waals surface area contributed by atoms with Crippen LogP contribution in [0.5, 0.6) is 0 Å². The molecular formula is C12H22N2S. The quantitative estimate of drug-likeness (QED) is 0.698. The predicted octanol–water partition coefficient (Wildman–Crippen LogP) is 2.53. The average Bonchev–Trinajstić information content (AvgIpc) is 2.57. The van der Waals surface area contributed by atoms with Crippen LogP contribution in [-0.4, -0.2) is 19.1 Å². The summed E-state index contributed by atoms with van der Waals surface area (Å²) in [5.74, 6) is 0. The third kappa shape index (κ3) is 5.30. The zero-order chi connectivity index (χ0) is 11.1. The highest BCUT2D eigenvalue weighted by molar-refractivity contribution is 7.08. The second-order valence-corrected chi connectivity index (χ2v) is 4.96. The van der Waals surface area contributed by atoms with Gasteiger partial charge in [-0.2, -0.15) is 11.3 Å². The molecule has 0 atom stereocenters. The standard InChI is InChI=1S/C12H22N2S/c1-10(2)14-6-4-5-13-7-12-9-15-8-11(12)3/h8-10,13-14H,4-7H2,1-3H3. The van der Waals surface area contributed by atoms with Crippen molar-refractivity contribution in [2.24, 2.45) is 0 Å². The van der Waals surface area contributed by atoms with Crippen LogP contribution in [0.3, 0.4) is 0 Å². The number of rotatable bonds is 7. The molecule has 0 unspecified atom stereocenters. The van der Waals surface area contributed by atoms with Gasteiger partial charge in [0.05, 0.1) is 0 Å². The maximum atomic E-state index is 3.47. The molecule has 0 saturated heterocycles. The summed E-state index contributed by atoms with van der Waals surface area (Å²) < 4.78 is 0. The number of aryl methyl sites for hydroxylation is 1. The first-order valence-electron chi connectivity index (χ1n) is 5.66. The Morgan fingerprint density at radius 1 is 1.27 bits per heavy atom. The van der Waals surface area contributed by atoms with Crippen LogP contribution in [0.1, 0.15) is 31.4 Å².